The highest BCUT2D eigenvalue weighted by atomic mass is 16.4. The topological polar surface area (TPSA) is 68.3 Å². The minimum Gasteiger partial charge on any atom is -0.394 e. The number of aryl methyl sites for hydroxylation is 1. The van der Waals surface area contributed by atoms with Gasteiger partial charge in [-0.25, -0.2) is 4.79 Å². The molecule has 2 rings (SSSR count). The van der Waals surface area contributed by atoms with Gasteiger partial charge < -0.3 is 9.52 Å². The minimum absolute atomic E-state index is 0.209. The Kier molecular flexibility index (Phi) is 4.30. The van der Waals surface area contributed by atoms with E-state index in [0.717, 1.165) is 10.2 Å². The van der Waals surface area contributed by atoms with Crippen molar-refractivity contribution in [2.24, 2.45) is 0 Å². The quantitative estimate of drug-likeness (QED) is 0.887. The molecule has 0 aliphatic carbocycles. The molecular weight excluding hydrogens is 244 g/mol. The Morgan fingerprint density at radius 3 is 2.74 bits per heavy atom. The van der Waals surface area contributed by atoms with Crippen molar-refractivity contribution >= 4 is 6.08 Å². The van der Waals surface area contributed by atoms with Crippen LogP contribution in [0.3, 0.4) is 0 Å². The SMILES string of the molecule is CCc1nn(C(/C=C/c2ccccc2)CO)c(=O)o1. The van der Waals surface area contributed by atoms with E-state index in [2.05, 4.69) is 5.10 Å². The van der Waals surface area contributed by atoms with Crippen molar-refractivity contribution in [3.63, 3.8) is 0 Å². The van der Waals surface area contributed by atoms with Crippen molar-refractivity contribution in [1.29, 1.82) is 0 Å². The lowest BCUT2D eigenvalue weighted by atomic mass is 10.2. The molecule has 5 heteroatoms. The van der Waals surface area contributed by atoms with Gasteiger partial charge in [-0.3, -0.25) is 0 Å². The summed E-state index contributed by atoms with van der Waals surface area (Å²) in [4.78, 5) is 11.6. The maximum absolute atomic E-state index is 11.6. The first-order chi connectivity index (χ1) is 9.24. The molecule has 0 saturated heterocycles. The van der Waals surface area contributed by atoms with Crippen LogP contribution in [0.25, 0.3) is 6.08 Å². The fraction of sp³-hybridized carbons (Fsp3) is 0.286. The summed E-state index contributed by atoms with van der Waals surface area (Å²) in [5.41, 5.74) is 0.994. The fourth-order valence-electron chi connectivity index (χ4n) is 1.69. The molecule has 5 nitrogen and oxygen atoms in total. The zero-order valence-electron chi connectivity index (χ0n) is 10.7. The molecule has 100 valence electrons. The maximum Gasteiger partial charge on any atom is 0.437 e. The number of hydrogen-bond acceptors (Lipinski definition) is 4. The lowest BCUT2D eigenvalue weighted by Crippen LogP contribution is -2.23. The Balaban J connectivity index is 2.23. The second kappa shape index (κ2) is 6.15. The standard InChI is InChI=1S/C14H16N2O3/c1-2-13-15-16(14(18)19-13)12(10-17)9-8-11-6-4-3-5-7-11/h3-9,12,17H,2,10H2,1H3/b9-8+. The van der Waals surface area contributed by atoms with E-state index in [1.54, 1.807) is 6.08 Å². The summed E-state index contributed by atoms with van der Waals surface area (Å²) in [7, 11) is 0. The van der Waals surface area contributed by atoms with Gasteiger partial charge >= 0.3 is 5.76 Å². The van der Waals surface area contributed by atoms with Crippen LogP contribution < -0.4 is 5.76 Å². The molecule has 19 heavy (non-hydrogen) atoms. The predicted molar refractivity (Wildman–Crippen MR) is 71.7 cm³/mol. The minimum atomic E-state index is -0.548. The van der Waals surface area contributed by atoms with Crippen LogP contribution in [0.2, 0.25) is 0 Å². The van der Waals surface area contributed by atoms with Crippen LogP contribution in [-0.4, -0.2) is 21.5 Å². The second-order valence-corrected chi connectivity index (χ2v) is 4.08. The van der Waals surface area contributed by atoms with E-state index in [0.29, 0.717) is 12.3 Å². The zero-order valence-corrected chi connectivity index (χ0v) is 10.7. The molecule has 0 saturated carbocycles. The molecule has 1 heterocycles. The fourth-order valence-corrected chi connectivity index (χ4v) is 1.69. The van der Waals surface area contributed by atoms with Gasteiger partial charge in [0.2, 0.25) is 5.89 Å². The van der Waals surface area contributed by atoms with Crippen molar-refractivity contribution in [1.82, 2.24) is 9.78 Å². The molecule has 2 aromatic rings. The van der Waals surface area contributed by atoms with E-state index in [4.69, 9.17) is 4.42 Å². The Morgan fingerprint density at radius 2 is 2.16 bits per heavy atom. The first-order valence-corrected chi connectivity index (χ1v) is 6.17. The van der Waals surface area contributed by atoms with E-state index < -0.39 is 11.8 Å². The number of aliphatic hydroxyl groups is 1. The molecule has 1 unspecified atom stereocenters. The van der Waals surface area contributed by atoms with E-state index in [9.17, 15) is 9.90 Å². The van der Waals surface area contributed by atoms with Gasteiger partial charge in [-0.1, -0.05) is 49.4 Å². The number of aromatic nitrogens is 2. The molecule has 0 fully saturated rings. The van der Waals surface area contributed by atoms with Crippen molar-refractivity contribution in [2.45, 2.75) is 19.4 Å². The molecule has 1 aromatic heterocycles. The molecule has 0 aliphatic rings. The third-order valence-electron chi connectivity index (χ3n) is 2.73. The van der Waals surface area contributed by atoms with Crippen LogP contribution in [0.15, 0.2) is 45.6 Å². The van der Waals surface area contributed by atoms with Gasteiger partial charge in [0, 0.05) is 6.42 Å². The van der Waals surface area contributed by atoms with Gasteiger partial charge in [0.15, 0.2) is 0 Å². The normalized spacial score (nSPS) is 12.9. The molecule has 1 atom stereocenters. The maximum atomic E-state index is 11.6. The lowest BCUT2D eigenvalue weighted by molar-refractivity contribution is 0.239. The number of hydrogen-bond donors (Lipinski definition) is 1. The van der Waals surface area contributed by atoms with Crippen LogP contribution >= 0.6 is 0 Å². The van der Waals surface area contributed by atoms with Crippen LogP contribution in [-0.2, 0) is 6.42 Å². The monoisotopic (exact) mass is 260 g/mol. The average Bonchev–Trinajstić information content (AvgIpc) is 2.82. The van der Waals surface area contributed by atoms with Gasteiger partial charge in [-0.15, -0.1) is 5.10 Å². The van der Waals surface area contributed by atoms with Crippen LogP contribution in [0.1, 0.15) is 24.4 Å². The molecule has 0 amide bonds. The highest BCUT2D eigenvalue weighted by Crippen LogP contribution is 2.09. The smallest absolute Gasteiger partial charge is 0.394 e. The third kappa shape index (κ3) is 3.20. The second-order valence-electron chi connectivity index (χ2n) is 4.08. The van der Waals surface area contributed by atoms with Gasteiger partial charge in [-0.05, 0) is 5.56 Å². The first-order valence-electron chi connectivity index (χ1n) is 6.17. The molecule has 1 aromatic carbocycles. The molecule has 0 spiro atoms. The van der Waals surface area contributed by atoms with Crippen molar-refractivity contribution in [3.05, 3.63) is 58.4 Å². The van der Waals surface area contributed by atoms with E-state index in [-0.39, 0.29) is 6.61 Å². The first kappa shape index (κ1) is 13.3. The Labute approximate surface area is 110 Å². The van der Waals surface area contributed by atoms with Crippen LogP contribution in [0, 0.1) is 0 Å². The average molecular weight is 260 g/mol. The van der Waals surface area contributed by atoms with Crippen molar-refractivity contribution in [2.75, 3.05) is 6.61 Å². The van der Waals surface area contributed by atoms with Gasteiger partial charge in [0.1, 0.15) is 6.04 Å². The van der Waals surface area contributed by atoms with Gasteiger partial charge in [-0.2, -0.15) is 4.68 Å². The Bertz CT molecular complexity index is 599. The summed E-state index contributed by atoms with van der Waals surface area (Å²) >= 11 is 0. The molecule has 0 radical (unpaired) electrons. The summed E-state index contributed by atoms with van der Waals surface area (Å²) in [5.74, 6) is -0.176. The zero-order chi connectivity index (χ0) is 13.7. The van der Waals surface area contributed by atoms with Gasteiger partial charge in [0.05, 0.1) is 6.61 Å². The number of nitrogens with zero attached hydrogens (tertiary/aromatic N) is 2. The summed E-state index contributed by atoms with van der Waals surface area (Å²) in [5, 5.41) is 13.4. The van der Waals surface area contributed by atoms with E-state index in [1.807, 2.05) is 43.3 Å². The van der Waals surface area contributed by atoms with Gasteiger partial charge in [0.25, 0.3) is 0 Å². The third-order valence-corrected chi connectivity index (χ3v) is 2.73. The van der Waals surface area contributed by atoms with Crippen molar-refractivity contribution in [3.8, 4) is 0 Å². The lowest BCUT2D eigenvalue weighted by Gasteiger charge is -2.06. The Hall–Kier alpha value is -2.14. The molecule has 0 bridgehead atoms. The predicted octanol–water partition coefficient (Wildman–Crippen LogP) is 1.65. The summed E-state index contributed by atoms with van der Waals surface area (Å²) < 4.78 is 6.11. The molecule has 1 N–H and O–H groups in total. The molecule has 0 aliphatic heterocycles. The number of aliphatic hydroxyl groups excluding tert-OH is 1. The number of benzene rings is 1. The van der Waals surface area contributed by atoms with Crippen LogP contribution in [0.5, 0.6) is 0 Å². The molecular formula is C14H16N2O3. The summed E-state index contributed by atoms with van der Waals surface area (Å²) in [6, 6.07) is 9.13. The van der Waals surface area contributed by atoms with E-state index >= 15 is 0 Å². The highest BCUT2D eigenvalue weighted by molar-refractivity contribution is 5.49. The van der Waals surface area contributed by atoms with E-state index in [1.165, 1.54) is 0 Å². The van der Waals surface area contributed by atoms with Crippen LogP contribution in [0.4, 0.5) is 0 Å². The largest absolute Gasteiger partial charge is 0.437 e. The summed E-state index contributed by atoms with van der Waals surface area (Å²) in [6.07, 6.45) is 4.12. The Morgan fingerprint density at radius 1 is 1.42 bits per heavy atom. The summed E-state index contributed by atoms with van der Waals surface area (Å²) in [6.45, 7) is 1.64. The highest BCUT2D eigenvalue weighted by Gasteiger charge is 2.13. The van der Waals surface area contributed by atoms with Crippen molar-refractivity contribution < 1.29 is 9.52 Å². The number of rotatable bonds is 5.